The number of halogens is 2. The molecule has 1 aromatic carbocycles. The number of allylic oxidation sites excluding steroid dienone is 1. The topological polar surface area (TPSA) is 69.0 Å². The van der Waals surface area contributed by atoms with Crippen LogP contribution in [0.3, 0.4) is 0 Å². The molecular formula is C28H34Cl2N4O3. The predicted molar refractivity (Wildman–Crippen MR) is 146 cm³/mol. The van der Waals surface area contributed by atoms with Gasteiger partial charge in [-0.2, -0.15) is 0 Å². The Balaban J connectivity index is 1.22. The summed E-state index contributed by atoms with van der Waals surface area (Å²) in [6, 6.07) is 8.41. The van der Waals surface area contributed by atoms with Gasteiger partial charge in [-0.1, -0.05) is 48.7 Å². The van der Waals surface area contributed by atoms with Crippen molar-refractivity contribution < 1.29 is 14.0 Å². The summed E-state index contributed by atoms with van der Waals surface area (Å²) in [6.07, 6.45) is 6.18. The molecule has 2 unspecified atom stereocenters. The van der Waals surface area contributed by atoms with Crippen molar-refractivity contribution in [1.29, 1.82) is 0 Å². The van der Waals surface area contributed by atoms with E-state index < -0.39 is 0 Å². The van der Waals surface area contributed by atoms with Crippen molar-refractivity contribution in [1.82, 2.24) is 14.7 Å². The standard InChI is InChI=1S/C28H34Cl2N4O3/c1-28(2)20-6-5-19(22(28)16-20)18-34(27(36)31-21-7-8-23(29)24(30)17-21)14-11-32-9-12-33(13-10-32)26(35)25-4-3-15-37-25/h3-5,7-8,15,17,20,22H,6,9-14,16,18H2,1-2H3,(H,31,36). The molecule has 2 heterocycles. The highest BCUT2D eigenvalue weighted by Crippen LogP contribution is 2.59. The Morgan fingerprint density at radius 2 is 1.92 bits per heavy atom. The summed E-state index contributed by atoms with van der Waals surface area (Å²) < 4.78 is 5.27. The number of anilines is 1. The third kappa shape index (κ3) is 5.54. The molecule has 9 heteroatoms. The SMILES string of the molecule is CC1(C)C2CC=C(CN(CCN3CCN(C(=O)c4ccco4)CC3)C(=O)Nc3ccc(Cl)c(Cl)c3)C1C2. The van der Waals surface area contributed by atoms with Crippen LogP contribution in [0.5, 0.6) is 0 Å². The Labute approximate surface area is 228 Å². The third-order valence-corrected chi connectivity index (χ3v) is 9.23. The molecule has 3 aliphatic carbocycles. The number of hydrogen-bond acceptors (Lipinski definition) is 4. The number of fused-ring (bicyclic) bond motifs is 1. The minimum Gasteiger partial charge on any atom is -0.459 e. The molecule has 198 valence electrons. The van der Waals surface area contributed by atoms with Crippen LogP contribution in [-0.2, 0) is 0 Å². The summed E-state index contributed by atoms with van der Waals surface area (Å²) in [7, 11) is 0. The van der Waals surface area contributed by atoms with Gasteiger partial charge in [0.25, 0.3) is 5.91 Å². The van der Waals surface area contributed by atoms with E-state index in [1.165, 1.54) is 18.3 Å². The number of furan rings is 1. The summed E-state index contributed by atoms with van der Waals surface area (Å²) in [4.78, 5) is 32.1. The van der Waals surface area contributed by atoms with Crippen molar-refractivity contribution in [2.24, 2.45) is 17.3 Å². The molecular weight excluding hydrogens is 511 g/mol. The van der Waals surface area contributed by atoms with Crippen molar-refractivity contribution in [3.63, 3.8) is 0 Å². The maximum Gasteiger partial charge on any atom is 0.322 e. The van der Waals surface area contributed by atoms with Gasteiger partial charge in [0.2, 0.25) is 0 Å². The Morgan fingerprint density at radius 1 is 1.14 bits per heavy atom. The lowest BCUT2D eigenvalue weighted by molar-refractivity contribution is -0.00971. The van der Waals surface area contributed by atoms with Gasteiger partial charge >= 0.3 is 6.03 Å². The van der Waals surface area contributed by atoms with Crippen LogP contribution in [0.15, 0.2) is 52.7 Å². The fraction of sp³-hybridized carbons (Fsp3) is 0.500. The van der Waals surface area contributed by atoms with E-state index in [9.17, 15) is 9.59 Å². The first-order valence-corrected chi connectivity index (χ1v) is 13.7. The number of amides is 3. The molecule has 2 bridgehead atoms. The summed E-state index contributed by atoms with van der Waals surface area (Å²) in [6.45, 7) is 9.43. The van der Waals surface area contributed by atoms with Crippen LogP contribution in [0, 0.1) is 17.3 Å². The van der Waals surface area contributed by atoms with Gasteiger partial charge in [-0.3, -0.25) is 9.69 Å². The van der Waals surface area contributed by atoms with Gasteiger partial charge in [0.1, 0.15) is 0 Å². The number of hydrogen-bond donors (Lipinski definition) is 1. The zero-order chi connectivity index (χ0) is 26.2. The molecule has 2 atom stereocenters. The van der Waals surface area contributed by atoms with E-state index in [4.69, 9.17) is 27.6 Å². The average molecular weight is 546 g/mol. The monoisotopic (exact) mass is 544 g/mol. The van der Waals surface area contributed by atoms with Crippen LogP contribution in [0.4, 0.5) is 10.5 Å². The zero-order valence-corrected chi connectivity index (χ0v) is 22.9. The lowest BCUT2D eigenvalue weighted by Gasteiger charge is -2.57. The summed E-state index contributed by atoms with van der Waals surface area (Å²) in [5.74, 6) is 1.58. The Bertz CT molecular complexity index is 1170. The van der Waals surface area contributed by atoms with E-state index in [0.717, 1.165) is 32.0 Å². The molecule has 0 spiro atoms. The molecule has 1 aromatic heterocycles. The Kier molecular flexibility index (Phi) is 7.57. The second-order valence-corrected chi connectivity index (χ2v) is 11.7. The molecule has 37 heavy (non-hydrogen) atoms. The lowest BCUT2D eigenvalue weighted by Crippen LogP contribution is -2.52. The number of urea groups is 1. The molecule has 2 fully saturated rings. The molecule has 1 saturated carbocycles. The van der Waals surface area contributed by atoms with Crippen LogP contribution < -0.4 is 5.32 Å². The highest BCUT2D eigenvalue weighted by molar-refractivity contribution is 6.42. The quantitative estimate of drug-likeness (QED) is 0.442. The fourth-order valence-corrected chi connectivity index (χ4v) is 6.20. The first-order valence-electron chi connectivity index (χ1n) is 13.0. The van der Waals surface area contributed by atoms with E-state index >= 15 is 0 Å². The summed E-state index contributed by atoms with van der Waals surface area (Å²) >= 11 is 12.2. The average Bonchev–Trinajstić information content (AvgIpc) is 3.43. The van der Waals surface area contributed by atoms with Crippen LogP contribution in [0.2, 0.25) is 10.0 Å². The highest BCUT2D eigenvalue weighted by atomic mass is 35.5. The van der Waals surface area contributed by atoms with Gasteiger partial charge in [-0.15, -0.1) is 0 Å². The van der Waals surface area contributed by atoms with Crippen LogP contribution >= 0.6 is 23.2 Å². The van der Waals surface area contributed by atoms with Crippen molar-refractivity contribution >= 4 is 40.8 Å². The molecule has 1 aliphatic heterocycles. The number of carbonyl (C=O) groups excluding carboxylic acids is 2. The maximum atomic E-state index is 13.4. The molecule has 3 amide bonds. The van der Waals surface area contributed by atoms with Crippen LogP contribution in [-0.4, -0.2) is 72.5 Å². The maximum absolute atomic E-state index is 13.4. The number of rotatable bonds is 7. The molecule has 7 nitrogen and oxygen atoms in total. The molecule has 1 N–H and O–H groups in total. The largest absolute Gasteiger partial charge is 0.459 e. The van der Waals surface area contributed by atoms with Gasteiger partial charge in [0.15, 0.2) is 5.76 Å². The van der Waals surface area contributed by atoms with Gasteiger partial charge in [0.05, 0.1) is 16.3 Å². The zero-order valence-electron chi connectivity index (χ0n) is 21.4. The molecule has 0 radical (unpaired) electrons. The van der Waals surface area contributed by atoms with E-state index in [2.05, 4.69) is 30.1 Å². The van der Waals surface area contributed by atoms with Gasteiger partial charge in [-0.05, 0) is 60.4 Å². The Morgan fingerprint density at radius 3 is 2.57 bits per heavy atom. The molecule has 2 aromatic rings. The van der Waals surface area contributed by atoms with Crippen molar-refractivity contribution in [3.8, 4) is 0 Å². The number of nitrogens with one attached hydrogen (secondary N) is 1. The van der Waals surface area contributed by atoms with Gasteiger partial charge in [0, 0.05) is 51.5 Å². The van der Waals surface area contributed by atoms with Gasteiger partial charge < -0.3 is 19.5 Å². The minimum absolute atomic E-state index is 0.0714. The highest BCUT2D eigenvalue weighted by Gasteiger charge is 2.51. The molecule has 6 rings (SSSR count). The van der Waals surface area contributed by atoms with Crippen LogP contribution in [0.1, 0.15) is 37.2 Å². The summed E-state index contributed by atoms with van der Waals surface area (Å²) in [5.41, 5.74) is 2.29. The minimum atomic E-state index is -0.148. The first-order chi connectivity index (χ1) is 17.7. The normalized spacial score (nSPS) is 22.7. The summed E-state index contributed by atoms with van der Waals surface area (Å²) in [5, 5.41) is 3.87. The van der Waals surface area contributed by atoms with E-state index in [0.29, 0.717) is 59.0 Å². The predicted octanol–water partition coefficient (Wildman–Crippen LogP) is 5.87. The van der Waals surface area contributed by atoms with E-state index in [-0.39, 0.29) is 11.9 Å². The third-order valence-electron chi connectivity index (χ3n) is 8.49. The molecule has 1 saturated heterocycles. The van der Waals surface area contributed by atoms with Crippen molar-refractivity contribution in [2.75, 3.05) is 51.1 Å². The Hall–Kier alpha value is -2.48. The molecule has 4 aliphatic rings. The van der Waals surface area contributed by atoms with Crippen molar-refractivity contribution in [3.05, 3.63) is 64.0 Å². The number of benzene rings is 1. The smallest absolute Gasteiger partial charge is 0.322 e. The lowest BCUT2D eigenvalue weighted by atomic mass is 9.49. The number of piperazine rings is 1. The second-order valence-electron chi connectivity index (χ2n) is 10.9. The van der Waals surface area contributed by atoms with Crippen LogP contribution in [0.25, 0.3) is 0 Å². The number of carbonyl (C=O) groups is 2. The van der Waals surface area contributed by atoms with E-state index in [1.807, 2.05) is 9.80 Å². The first kappa shape index (κ1) is 26.1. The van der Waals surface area contributed by atoms with Gasteiger partial charge in [-0.25, -0.2) is 4.79 Å². The van der Waals surface area contributed by atoms with Crippen molar-refractivity contribution in [2.45, 2.75) is 26.7 Å². The fourth-order valence-electron chi connectivity index (χ4n) is 5.90. The second kappa shape index (κ2) is 10.7. The van der Waals surface area contributed by atoms with E-state index in [1.54, 1.807) is 30.3 Å². The number of nitrogens with zero attached hydrogens (tertiary/aromatic N) is 3.